The number of benzene rings is 1. The molecule has 1 aromatic carbocycles. The van der Waals surface area contributed by atoms with Gasteiger partial charge in [-0.2, -0.15) is 0 Å². The van der Waals surface area contributed by atoms with Crippen LogP contribution in [0.2, 0.25) is 0 Å². The first kappa shape index (κ1) is 17.5. The standard InChI is InChI=1S/C20H23N3O4/c24-19(14-16-3-1-6-21-16)22-7-2-8-23(10-9-22)20(25)15-4-5-17-18(13-15)27-12-11-26-17/h1,3-6,13,21H,2,7-12,14H2. The van der Waals surface area contributed by atoms with Gasteiger partial charge >= 0.3 is 0 Å². The topological polar surface area (TPSA) is 74.9 Å². The van der Waals surface area contributed by atoms with E-state index >= 15 is 0 Å². The molecule has 7 heteroatoms. The van der Waals surface area contributed by atoms with E-state index in [1.165, 1.54) is 0 Å². The van der Waals surface area contributed by atoms with Crippen LogP contribution in [0.25, 0.3) is 0 Å². The molecule has 0 saturated carbocycles. The lowest BCUT2D eigenvalue weighted by molar-refractivity contribution is -0.130. The summed E-state index contributed by atoms with van der Waals surface area (Å²) in [6.07, 6.45) is 2.95. The molecule has 3 heterocycles. The van der Waals surface area contributed by atoms with Gasteiger partial charge in [-0.05, 0) is 36.8 Å². The molecular formula is C20H23N3O4. The van der Waals surface area contributed by atoms with Crippen molar-refractivity contribution in [3.05, 3.63) is 47.8 Å². The highest BCUT2D eigenvalue weighted by Crippen LogP contribution is 2.31. The van der Waals surface area contributed by atoms with Crippen molar-refractivity contribution in [1.29, 1.82) is 0 Å². The molecule has 0 unspecified atom stereocenters. The number of aromatic amines is 1. The summed E-state index contributed by atoms with van der Waals surface area (Å²) in [5, 5.41) is 0. The highest BCUT2D eigenvalue weighted by molar-refractivity contribution is 5.95. The molecule has 7 nitrogen and oxygen atoms in total. The van der Waals surface area contributed by atoms with Gasteiger partial charge in [-0.15, -0.1) is 0 Å². The fraction of sp³-hybridized carbons (Fsp3) is 0.400. The zero-order chi connectivity index (χ0) is 18.6. The van der Waals surface area contributed by atoms with Crippen LogP contribution < -0.4 is 9.47 Å². The SMILES string of the molecule is O=C(Cc1ccc[nH]1)N1CCCN(C(=O)c2ccc3c(c2)OCCO3)CC1. The lowest BCUT2D eigenvalue weighted by atomic mass is 10.1. The molecule has 1 N–H and O–H groups in total. The number of rotatable bonds is 3. The van der Waals surface area contributed by atoms with Gasteiger partial charge in [-0.25, -0.2) is 0 Å². The van der Waals surface area contributed by atoms with Crippen molar-refractivity contribution in [3.63, 3.8) is 0 Å². The van der Waals surface area contributed by atoms with Crippen LogP contribution in [0.15, 0.2) is 36.5 Å². The van der Waals surface area contributed by atoms with E-state index in [1.54, 1.807) is 18.2 Å². The average molecular weight is 369 g/mol. The van der Waals surface area contributed by atoms with Gasteiger partial charge in [0.1, 0.15) is 13.2 Å². The predicted molar refractivity (Wildman–Crippen MR) is 99.0 cm³/mol. The number of aromatic nitrogens is 1. The normalized spacial score (nSPS) is 16.7. The van der Waals surface area contributed by atoms with Crippen LogP contribution in [0.4, 0.5) is 0 Å². The lowest BCUT2D eigenvalue weighted by Gasteiger charge is -2.23. The zero-order valence-corrected chi connectivity index (χ0v) is 15.1. The van der Waals surface area contributed by atoms with E-state index in [1.807, 2.05) is 28.1 Å². The number of H-pyrrole nitrogens is 1. The number of hydrogen-bond donors (Lipinski definition) is 1. The molecular weight excluding hydrogens is 346 g/mol. The summed E-state index contributed by atoms with van der Waals surface area (Å²) in [5.74, 6) is 1.34. The summed E-state index contributed by atoms with van der Waals surface area (Å²) in [7, 11) is 0. The smallest absolute Gasteiger partial charge is 0.254 e. The number of nitrogens with zero attached hydrogens (tertiary/aromatic N) is 2. The number of ether oxygens (including phenoxy) is 2. The first-order valence-corrected chi connectivity index (χ1v) is 9.30. The monoisotopic (exact) mass is 369 g/mol. The van der Waals surface area contributed by atoms with E-state index in [0.717, 1.165) is 12.1 Å². The van der Waals surface area contributed by atoms with Crippen molar-refractivity contribution in [2.24, 2.45) is 0 Å². The molecule has 0 aliphatic carbocycles. The quantitative estimate of drug-likeness (QED) is 0.894. The maximum absolute atomic E-state index is 12.9. The minimum absolute atomic E-state index is 0.0364. The van der Waals surface area contributed by atoms with Gasteiger partial charge < -0.3 is 24.3 Å². The van der Waals surface area contributed by atoms with E-state index in [4.69, 9.17) is 9.47 Å². The third-order valence-electron chi connectivity index (χ3n) is 4.93. The molecule has 2 aliphatic rings. The highest BCUT2D eigenvalue weighted by Gasteiger charge is 2.24. The Bertz CT molecular complexity index is 819. The lowest BCUT2D eigenvalue weighted by Crippen LogP contribution is -2.38. The minimum atomic E-state index is -0.0364. The third kappa shape index (κ3) is 3.92. The van der Waals surface area contributed by atoms with Gasteiger partial charge in [-0.1, -0.05) is 0 Å². The van der Waals surface area contributed by atoms with Crippen LogP contribution >= 0.6 is 0 Å². The van der Waals surface area contributed by atoms with Gasteiger partial charge in [0.2, 0.25) is 5.91 Å². The molecule has 4 rings (SSSR count). The molecule has 27 heavy (non-hydrogen) atoms. The van der Waals surface area contributed by atoms with Crippen LogP contribution in [0.1, 0.15) is 22.5 Å². The molecule has 1 fully saturated rings. The van der Waals surface area contributed by atoms with Crippen LogP contribution in [0, 0.1) is 0 Å². The number of hydrogen-bond acceptors (Lipinski definition) is 4. The van der Waals surface area contributed by atoms with Gasteiger partial charge in [-0.3, -0.25) is 9.59 Å². The maximum Gasteiger partial charge on any atom is 0.254 e. The fourth-order valence-corrected chi connectivity index (χ4v) is 3.48. The zero-order valence-electron chi connectivity index (χ0n) is 15.1. The largest absolute Gasteiger partial charge is 0.486 e. The van der Waals surface area contributed by atoms with Gasteiger partial charge in [0.05, 0.1) is 6.42 Å². The van der Waals surface area contributed by atoms with Crippen molar-refractivity contribution < 1.29 is 19.1 Å². The summed E-state index contributed by atoms with van der Waals surface area (Å²) < 4.78 is 11.1. The average Bonchev–Trinajstić information content (AvgIpc) is 3.08. The number of fused-ring (bicyclic) bond motifs is 1. The van der Waals surface area contributed by atoms with E-state index < -0.39 is 0 Å². The second-order valence-corrected chi connectivity index (χ2v) is 6.76. The summed E-state index contributed by atoms with van der Waals surface area (Å²) in [6.45, 7) is 3.41. The Kier molecular flexibility index (Phi) is 5.00. The molecule has 142 valence electrons. The molecule has 2 aliphatic heterocycles. The van der Waals surface area contributed by atoms with Crippen molar-refractivity contribution in [3.8, 4) is 11.5 Å². The van der Waals surface area contributed by atoms with Crippen molar-refractivity contribution >= 4 is 11.8 Å². The second kappa shape index (κ2) is 7.73. The highest BCUT2D eigenvalue weighted by atomic mass is 16.6. The number of amides is 2. The molecule has 1 aromatic heterocycles. The number of nitrogens with one attached hydrogen (secondary N) is 1. The van der Waals surface area contributed by atoms with Crippen molar-refractivity contribution in [2.75, 3.05) is 39.4 Å². The fourth-order valence-electron chi connectivity index (χ4n) is 3.48. The summed E-state index contributed by atoms with van der Waals surface area (Å²) in [4.78, 5) is 32.1. The van der Waals surface area contributed by atoms with Gasteiger partial charge in [0.15, 0.2) is 11.5 Å². The van der Waals surface area contributed by atoms with Crippen LogP contribution in [-0.2, 0) is 11.2 Å². The Morgan fingerprint density at radius 3 is 2.56 bits per heavy atom. The van der Waals surface area contributed by atoms with Gasteiger partial charge in [0, 0.05) is 43.6 Å². The Morgan fingerprint density at radius 1 is 0.963 bits per heavy atom. The molecule has 0 atom stereocenters. The number of carbonyl (C=O) groups is 2. The third-order valence-corrected chi connectivity index (χ3v) is 4.93. The molecule has 0 radical (unpaired) electrons. The van der Waals surface area contributed by atoms with Crippen molar-refractivity contribution in [2.45, 2.75) is 12.8 Å². The summed E-state index contributed by atoms with van der Waals surface area (Å²) in [5.41, 5.74) is 1.50. The Labute approximate surface area is 157 Å². The molecule has 0 bridgehead atoms. The Balaban J connectivity index is 1.39. The Morgan fingerprint density at radius 2 is 1.74 bits per heavy atom. The first-order valence-electron chi connectivity index (χ1n) is 9.30. The molecule has 1 saturated heterocycles. The van der Waals surface area contributed by atoms with E-state index in [9.17, 15) is 9.59 Å². The maximum atomic E-state index is 12.9. The van der Waals surface area contributed by atoms with Crippen LogP contribution in [0.3, 0.4) is 0 Å². The summed E-state index contributed by atoms with van der Waals surface area (Å²) in [6, 6.07) is 9.10. The van der Waals surface area contributed by atoms with E-state index in [0.29, 0.717) is 62.9 Å². The summed E-state index contributed by atoms with van der Waals surface area (Å²) >= 11 is 0. The van der Waals surface area contributed by atoms with Crippen molar-refractivity contribution in [1.82, 2.24) is 14.8 Å². The van der Waals surface area contributed by atoms with Crippen LogP contribution in [0.5, 0.6) is 11.5 Å². The Hall–Kier alpha value is -2.96. The molecule has 2 aromatic rings. The first-order chi connectivity index (χ1) is 13.2. The molecule has 0 spiro atoms. The molecule has 2 amide bonds. The number of carbonyl (C=O) groups excluding carboxylic acids is 2. The predicted octanol–water partition coefficient (Wildman–Crippen LogP) is 1.70. The van der Waals surface area contributed by atoms with Gasteiger partial charge in [0.25, 0.3) is 5.91 Å². The second-order valence-electron chi connectivity index (χ2n) is 6.76. The van der Waals surface area contributed by atoms with Crippen LogP contribution in [-0.4, -0.2) is 66.0 Å². The minimum Gasteiger partial charge on any atom is -0.486 e. The van der Waals surface area contributed by atoms with E-state index in [2.05, 4.69) is 4.98 Å². The van der Waals surface area contributed by atoms with E-state index in [-0.39, 0.29) is 11.8 Å².